The first-order valence-corrected chi connectivity index (χ1v) is 10.9. The molecule has 4 rings (SSSR count). The van der Waals surface area contributed by atoms with Gasteiger partial charge >= 0.3 is 5.97 Å². The van der Waals surface area contributed by atoms with Crippen molar-refractivity contribution in [2.45, 2.75) is 13.5 Å². The number of methoxy groups -OCH3 is 2. The van der Waals surface area contributed by atoms with Crippen LogP contribution < -0.4 is 10.1 Å². The first kappa shape index (κ1) is 22.1. The first-order valence-electron chi connectivity index (χ1n) is 9.83. The molecule has 32 heavy (non-hydrogen) atoms. The van der Waals surface area contributed by atoms with Crippen molar-refractivity contribution in [2.75, 3.05) is 19.5 Å². The lowest BCUT2D eigenvalue weighted by Gasteiger charge is -2.16. The highest BCUT2D eigenvalue weighted by atomic mass is 127. The molecule has 8 heteroatoms. The van der Waals surface area contributed by atoms with Crippen molar-refractivity contribution < 1.29 is 18.7 Å². The summed E-state index contributed by atoms with van der Waals surface area (Å²) in [6, 6.07) is 14.8. The number of hydrogen-bond acceptors (Lipinski definition) is 5. The van der Waals surface area contributed by atoms with Crippen LogP contribution in [0.3, 0.4) is 0 Å². The second kappa shape index (κ2) is 9.15. The molecule has 6 nitrogen and oxygen atoms in total. The molecule has 0 spiro atoms. The fraction of sp³-hybridized carbons (Fsp3) is 0.167. The molecule has 1 heterocycles. The van der Waals surface area contributed by atoms with E-state index in [2.05, 4.69) is 32.9 Å². The average Bonchev–Trinajstić information content (AvgIpc) is 3.19. The van der Waals surface area contributed by atoms with Gasteiger partial charge < -0.3 is 19.4 Å². The van der Waals surface area contributed by atoms with Gasteiger partial charge in [-0.3, -0.25) is 0 Å². The highest BCUT2D eigenvalue weighted by Crippen LogP contribution is 2.33. The number of carbonyl (C=O) groups excluding carboxylic acids is 1. The Morgan fingerprint density at radius 2 is 1.91 bits per heavy atom. The van der Waals surface area contributed by atoms with E-state index >= 15 is 4.39 Å². The molecule has 0 amide bonds. The maximum absolute atomic E-state index is 15.9. The lowest BCUT2D eigenvalue weighted by atomic mass is 10.1. The minimum absolute atomic E-state index is 0.0603. The number of aromatic nitrogens is 2. The highest BCUT2D eigenvalue weighted by molar-refractivity contribution is 14.1. The van der Waals surface area contributed by atoms with E-state index < -0.39 is 11.8 Å². The molecule has 1 N–H and O–H groups in total. The van der Waals surface area contributed by atoms with Gasteiger partial charge in [-0.25, -0.2) is 14.2 Å². The third-order valence-electron chi connectivity index (χ3n) is 5.21. The molecule has 0 radical (unpaired) electrons. The van der Waals surface area contributed by atoms with Crippen molar-refractivity contribution in [3.05, 3.63) is 80.9 Å². The Morgan fingerprint density at radius 1 is 1.16 bits per heavy atom. The molecular formula is C24H21FIN3O3. The summed E-state index contributed by atoms with van der Waals surface area (Å²) < 4.78 is 28.8. The molecule has 0 saturated heterocycles. The van der Waals surface area contributed by atoms with Crippen LogP contribution in [-0.2, 0) is 11.3 Å². The number of anilines is 2. The normalized spacial score (nSPS) is 10.9. The van der Waals surface area contributed by atoms with E-state index in [-0.39, 0.29) is 11.3 Å². The van der Waals surface area contributed by atoms with Crippen molar-refractivity contribution in [3.8, 4) is 5.75 Å². The van der Waals surface area contributed by atoms with E-state index in [9.17, 15) is 4.79 Å². The zero-order chi connectivity index (χ0) is 22.8. The Hall–Kier alpha value is -3.14. The van der Waals surface area contributed by atoms with Gasteiger partial charge in [0.25, 0.3) is 0 Å². The maximum Gasteiger partial charge on any atom is 0.340 e. The summed E-state index contributed by atoms with van der Waals surface area (Å²) in [4.78, 5) is 16.8. The van der Waals surface area contributed by atoms with Gasteiger partial charge in [0, 0.05) is 15.8 Å². The SMILES string of the molecule is COC(=O)c1cc2ncn(Cc3ccc(OC)cc3)c2c(F)c1Nc1ccc(I)cc1C. The number of ether oxygens (including phenoxy) is 2. The van der Waals surface area contributed by atoms with Gasteiger partial charge in [0.15, 0.2) is 5.82 Å². The van der Waals surface area contributed by atoms with E-state index in [1.54, 1.807) is 24.1 Å². The summed E-state index contributed by atoms with van der Waals surface area (Å²) in [6.07, 6.45) is 1.57. The van der Waals surface area contributed by atoms with Crippen LogP contribution in [0.15, 0.2) is 54.9 Å². The number of imidazole rings is 1. The van der Waals surface area contributed by atoms with Crippen LogP contribution in [-0.4, -0.2) is 29.7 Å². The van der Waals surface area contributed by atoms with Crippen LogP contribution in [0.25, 0.3) is 11.0 Å². The fourth-order valence-electron chi connectivity index (χ4n) is 3.53. The predicted octanol–water partition coefficient (Wildman–Crippen LogP) is 5.68. The van der Waals surface area contributed by atoms with Gasteiger partial charge in [-0.15, -0.1) is 0 Å². The van der Waals surface area contributed by atoms with Gasteiger partial charge in [-0.05, 0) is 77.0 Å². The molecule has 0 aliphatic rings. The van der Waals surface area contributed by atoms with Crippen molar-refractivity contribution in [3.63, 3.8) is 0 Å². The van der Waals surface area contributed by atoms with E-state index in [1.807, 2.05) is 49.4 Å². The van der Waals surface area contributed by atoms with Crippen LogP contribution in [0.4, 0.5) is 15.8 Å². The average molecular weight is 545 g/mol. The van der Waals surface area contributed by atoms with Gasteiger partial charge in [0.05, 0.1) is 37.3 Å². The standard InChI is InChI=1S/C24H21FIN3O3/c1-14-10-16(26)6-9-19(14)28-22-18(24(30)32-3)11-20-23(21(22)25)29(13-27-20)12-15-4-7-17(31-2)8-5-15/h4-11,13,28H,12H2,1-3H3. The summed E-state index contributed by atoms with van der Waals surface area (Å²) >= 11 is 2.22. The molecule has 3 aromatic carbocycles. The van der Waals surface area contributed by atoms with E-state index in [0.29, 0.717) is 23.3 Å². The Bertz CT molecular complexity index is 1300. The smallest absolute Gasteiger partial charge is 0.340 e. The summed E-state index contributed by atoms with van der Waals surface area (Å²) in [5.41, 5.74) is 3.43. The Labute approximate surface area is 198 Å². The molecule has 0 fully saturated rings. The Morgan fingerprint density at radius 3 is 2.56 bits per heavy atom. The zero-order valence-electron chi connectivity index (χ0n) is 17.8. The monoisotopic (exact) mass is 545 g/mol. The lowest BCUT2D eigenvalue weighted by Crippen LogP contribution is -2.10. The van der Waals surface area contributed by atoms with Crippen LogP contribution in [0, 0.1) is 16.3 Å². The van der Waals surface area contributed by atoms with Gasteiger partial charge in [-0.1, -0.05) is 12.1 Å². The third-order valence-corrected chi connectivity index (χ3v) is 5.88. The molecule has 0 unspecified atom stereocenters. The topological polar surface area (TPSA) is 65.4 Å². The van der Waals surface area contributed by atoms with Crippen LogP contribution in [0.1, 0.15) is 21.5 Å². The number of halogens is 2. The zero-order valence-corrected chi connectivity index (χ0v) is 19.9. The maximum atomic E-state index is 15.9. The number of rotatable bonds is 6. The van der Waals surface area contributed by atoms with E-state index in [0.717, 1.165) is 20.4 Å². The molecule has 0 bridgehead atoms. The van der Waals surface area contributed by atoms with Crippen molar-refractivity contribution in [1.82, 2.24) is 9.55 Å². The highest BCUT2D eigenvalue weighted by Gasteiger charge is 2.23. The third kappa shape index (κ3) is 4.27. The Kier molecular flexibility index (Phi) is 6.31. The van der Waals surface area contributed by atoms with Gasteiger partial charge in [0.2, 0.25) is 0 Å². The minimum Gasteiger partial charge on any atom is -0.497 e. The molecule has 0 aliphatic carbocycles. The van der Waals surface area contributed by atoms with Crippen molar-refractivity contribution in [2.24, 2.45) is 0 Å². The number of benzene rings is 3. The molecule has 4 aromatic rings. The number of carbonyl (C=O) groups is 1. The second-order valence-corrected chi connectivity index (χ2v) is 8.52. The number of fused-ring (bicyclic) bond motifs is 1. The quantitative estimate of drug-likeness (QED) is 0.250. The summed E-state index contributed by atoms with van der Waals surface area (Å²) in [6.45, 7) is 2.34. The second-order valence-electron chi connectivity index (χ2n) is 7.28. The number of aryl methyl sites for hydroxylation is 1. The van der Waals surface area contributed by atoms with Crippen LogP contribution >= 0.6 is 22.6 Å². The molecule has 0 atom stereocenters. The largest absolute Gasteiger partial charge is 0.497 e. The van der Waals surface area contributed by atoms with E-state index in [1.165, 1.54) is 7.11 Å². The van der Waals surface area contributed by atoms with Crippen molar-refractivity contribution >= 4 is 51.0 Å². The number of nitrogens with zero attached hydrogens (tertiary/aromatic N) is 2. The van der Waals surface area contributed by atoms with Crippen LogP contribution in [0.2, 0.25) is 0 Å². The summed E-state index contributed by atoms with van der Waals surface area (Å²) in [5.74, 6) is -0.453. The first-order chi connectivity index (χ1) is 15.4. The minimum atomic E-state index is -0.638. The van der Waals surface area contributed by atoms with Gasteiger partial charge in [-0.2, -0.15) is 0 Å². The number of hydrogen-bond donors (Lipinski definition) is 1. The molecule has 0 aliphatic heterocycles. The predicted molar refractivity (Wildman–Crippen MR) is 130 cm³/mol. The lowest BCUT2D eigenvalue weighted by molar-refractivity contribution is 0.0601. The van der Waals surface area contributed by atoms with Gasteiger partial charge in [0.1, 0.15) is 11.3 Å². The van der Waals surface area contributed by atoms with Crippen LogP contribution in [0.5, 0.6) is 5.75 Å². The fourth-order valence-corrected chi connectivity index (χ4v) is 4.18. The molecule has 1 aromatic heterocycles. The Balaban J connectivity index is 1.82. The molecular weight excluding hydrogens is 524 g/mol. The summed E-state index contributed by atoms with van der Waals surface area (Å²) in [7, 11) is 2.88. The van der Waals surface area contributed by atoms with Crippen molar-refractivity contribution in [1.29, 1.82) is 0 Å². The number of nitrogens with one attached hydrogen (secondary N) is 1. The summed E-state index contributed by atoms with van der Waals surface area (Å²) in [5, 5.41) is 3.10. The van der Waals surface area contributed by atoms with E-state index in [4.69, 9.17) is 9.47 Å². The molecule has 164 valence electrons. The molecule has 0 saturated carbocycles. The number of esters is 1.